The second kappa shape index (κ2) is 4.36. The van der Waals surface area contributed by atoms with Gasteiger partial charge in [0.1, 0.15) is 6.10 Å². The van der Waals surface area contributed by atoms with Gasteiger partial charge in [0, 0.05) is 5.41 Å². The van der Waals surface area contributed by atoms with Crippen molar-refractivity contribution in [3.63, 3.8) is 0 Å². The Labute approximate surface area is 133 Å². The van der Waals surface area contributed by atoms with E-state index in [2.05, 4.69) is 20.8 Å². The molecular weight excluding hydrogens is 276 g/mol. The molecule has 0 aliphatic heterocycles. The van der Waals surface area contributed by atoms with Gasteiger partial charge >= 0.3 is 0 Å². The number of rotatable bonds is 0. The van der Waals surface area contributed by atoms with Crippen LogP contribution in [0.4, 0.5) is 0 Å². The van der Waals surface area contributed by atoms with Gasteiger partial charge in [-0.05, 0) is 73.5 Å². The average molecular weight is 306 g/mol. The summed E-state index contributed by atoms with van der Waals surface area (Å²) in [6.07, 6.45) is 5.95. The zero-order valence-electron chi connectivity index (χ0n) is 14.1. The van der Waals surface area contributed by atoms with Crippen LogP contribution in [0.3, 0.4) is 0 Å². The molecule has 22 heavy (non-hydrogen) atoms. The van der Waals surface area contributed by atoms with E-state index in [4.69, 9.17) is 0 Å². The van der Waals surface area contributed by atoms with Gasteiger partial charge in [0.2, 0.25) is 0 Å². The molecular formula is C19H30O3. The molecule has 0 aromatic heterocycles. The summed E-state index contributed by atoms with van der Waals surface area (Å²) in [5.74, 6) is 1.25. The summed E-state index contributed by atoms with van der Waals surface area (Å²) in [4.78, 5) is 12.9. The Morgan fingerprint density at radius 2 is 1.64 bits per heavy atom. The highest BCUT2D eigenvalue weighted by Crippen LogP contribution is 2.70. The van der Waals surface area contributed by atoms with Gasteiger partial charge in [-0.15, -0.1) is 0 Å². The SMILES string of the molecule is CC1(C)C(O)CCC2(C)C3CC4CCC3(CCC12)C(=O)C4O. The summed E-state index contributed by atoms with van der Waals surface area (Å²) < 4.78 is 0. The number of ketones is 1. The topological polar surface area (TPSA) is 57.5 Å². The van der Waals surface area contributed by atoms with Crippen LogP contribution in [-0.2, 0) is 4.79 Å². The summed E-state index contributed by atoms with van der Waals surface area (Å²) >= 11 is 0. The van der Waals surface area contributed by atoms with Crippen LogP contribution in [0.5, 0.6) is 0 Å². The van der Waals surface area contributed by atoms with Crippen LogP contribution in [0.15, 0.2) is 0 Å². The number of Topliss-reactive ketones (excluding diaryl/α,β-unsaturated/α-hetero) is 1. The van der Waals surface area contributed by atoms with E-state index in [0.29, 0.717) is 11.8 Å². The van der Waals surface area contributed by atoms with E-state index in [9.17, 15) is 15.0 Å². The quantitative estimate of drug-likeness (QED) is 0.723. The summed E-state index contributed by atoms with van der Waals surface area (Å²) in [5.41, 5.74) is -0.166. The van der Waals surface area contributed by atoms with Gasteiger partial charge in [-0.3, -0.25) is 4.79 Å². The fraction of sp³-hybridized carbons (Fsp3) is 0.947. The van der Waals surface area contributed by atoms with Crippen molar-refractivity contribution in [3.8, 4) is 0 Å². The maximum Gasteiger partial charge on any atom is 0.167 e. The van der Waals surface area contributed by atoms with Crippen molar-refractivity contribution in [1.29, 1.82) is 0 Å². The molecule has 0 aromatic carbocycles. The largest absolute Gasteiger partial charge is 0.393 e. The van der Waals surface area contributed by atoms with E-state index >= 15 is 0 Å². The van der Waals surface area contributed by atoms with Crippen LogP contribution in [-0.4, -0.2) is 28.2 Å². The molecule has 5 saturated carbocycles. The number of hydrogen-bond acceptors (Lipinski definition) is 3. The molecule has 0 radical (unpaired) electrons. The van der Waals surface area contributed by atoms with E-state index < -0.39 is 6.10 Å². The van der Waals surface area contributed by atoms with E-state index in [1.807, 2.05) is 0 Å². The number of fused-ring (bicyclic) bond motifs is 3. The second-order valence-corrected chi connectivity index (χ2v) is 9.53. The van der Waals surface area contributed by atoms with Gasteiger partial charge in [0.25, 0.3) is 0 Å². The minimum atomic E-state index is -0.702. The minimum Gasteiger partial charge on any atom is -0.393 e. The highest BCUT2D eigenvalue weighted by Gasteiger charge is 2.68. The molecule has 3 heteroatoms. The van der Waals surface area contributed by atoms with Crippen LogP contribution < -0.4 is 0 Å². The zero-order chi connectivity index (χ0) is 15.9. The molecule has 3 nitrogen and oxygen atoms in total. The van der Waals surface area contributed by atoms with Crippen molar-refractivity contribution in [1.82, 2.24) is 0 Å². The van der Waals surface area contributed by atoms with Crippen molar-refractivity contribution >= 4 is 5.78 Å². The van der Waals surface area contributed by atoms with Crippen molar-refractivity contribution in [2.45, 2.75) is 77.9 Å². The molecule has 7 atom stereocenters. The van der Waals surface area contributed by atoms with Crippen molar-refractivity contribution in [2.75, 3.05) is 0 Å². The molecule has 5 aliphatic rings. The van der Waals surface area contributed by atoms with Gasteiger partial charge in [-0.2, -0.15) is 0 Å². The lowest BCUT2D eigenvalue weighted by molar-refractivity contribution is -0.215. The Morgan fingerprint density at radius 3 is 2.36 bits per heavy atom. The molecule has 2 bridgehead atoms. The summed E-state index contributed by atoms with van der Waals surface area (Å²) in [6.45, 7) is 6.82. The van der Waals surface area contributed by atoms with E-state index in [1.54, 1.807) is 0 Å². The summed E-state index contributed by atoms with van der Waals surface area (Å²) in [5, 5.41) is 20.8. The van der Waals surface area contributed by atoms with Crippen molar-refractivity contribution < 1.29 is 15.0 Å². The van der Waals surface area contributed by atoms with Gasteiger partial charge in [-0.25, -0.2) is 0 Å². The molecule has 5 fully saturated rings. The van der Waals surface area contributed by atoms with Crippen molar-refractivity contribution in [2.24, 2.45) is 34.0 Å². The Kier molecular flexibility index (Phi) is 3.00. The third-order valence-corrected chi connectivity index (χ3v) is 8.56. The van der Waals surface area contributed by atoms with Crippen LogP contribution in [0, 0.1) is 34.0 Å². The molecule has 2 N–H and O–H groups in total. The maximum atomic E-state index is 12.9. The lowest BCUT2D eigenvalue weighted by Crippen LogP contribution is -2.67. The third kappa shape index (κ3) is 1.57. The average Bonchev–Trinajstić information content (AvgIpc) is 2.48. The van der Waals surface area contributed by atoms with Gasteiger partial charge in [0.15, 0.2) is 5.78 Å². The third-order valence-electron chi connectivity index (χ3n) is 8.56. The monoisotopic (exact) mass is 306 g/mol. The molecule has 0 saturated heterocycles. The van der Waals surface area contributed by atoms with Gasteiger partial charge in [-0.1, -0.05) is 20.8 Å². The zero-order valence-corrected chi connectivity index (χ0v) is 14.1. The standard InChI is InChI=1S/C19H30O3/c1-17(2)12-5-9-19-8-4-11(15(21)16(19)22)10-13(19)18(12,3)7-6-14(17)20/h11-15,20-21H,4-10H2,1-3H3. The number of carbonyl (C=O) groups excluding carboxylic acids is 1. The number of aliphatic hydroxyl groups is 2. The lowest BCUT2D eigenvalue weighted by Gasteiger charge is -2.67. The Bertz CT molecular complexity index is 513. The molecule has 0 heterocycles. The number of aliphatic hydroxyl groups excluding tert-OH is 2. The van der Waals surface area contributed by atoms with Crippen LogP contribution in [0.2, 0.25) is 0 Å². The highest BCUT2D eigenvalue weighted by molar-refractivity contribution is 5.91. The van der Waals surface area contributed by atoms with Crippen LogP contribution in [0.1, 0.15) is 65.7 Å². The Hall–Kier alpha value is -0.410. The van der Waals surface area contributed by atoms with Crippen LogP contribution >= 0.6 is 0 Å². The van der Waals surface area contributed by atoms with E-state index in [1.165, 1.54) is 0 Å². The first-order valence-corrected chi connectivity index (χ1v) is 9.14. The molecule has 0 aromatic rings. The normalized spacial score (nSPS) is 56.4. The fourth-order valence-electron chi connectivity index (χ4n) is 7.27. The Balaban J connectivity index is 1.77. The summed E-state index contributed by atoms with van der Waals surface area (Å²) in [7, 11) is 0. The second-order valence-electron chi connectivity index (χ2n) is 9.53. The maximum absolute atomic E-state index is 12.9. The van der Waals surface area contributed by atoms with Crippen LogP contribution in [0.25, 0.3) is 0 Å². The lowest BCUT2D eigenvalue weighted by atomic mass is 9.36. The van der Waals surface area contributed by atoms with E-state index in [0.717, 1.165) is 44.9 Å². The molecule has 7 unspecified atom stereocenters. The Morgan fingerprint density at radius 1 is 0.955 bits per heavy atom. The predicted molar refractivity (Wildman–Crippen MR) is 84.1 cm³/mol. The number of carbonyl (C=O) groups is 1. The summed E-state index contributed by atoms with van der Waals surface area (Å²) in [6, 6.07) is 0. The number of hydrogen-bond donors (Lipinski definition) is 2. The first-order chi connectivity index (χ1) is 10.2. The highest BCUT2D eigenvalue weighted by atomic mass is 16.3. The van der Waals surface area contributed by atoms with Gasteiger partial charge < -0.3 is 10.2 Å². The molecule has 1 spiro atoms. The molecule has 0 amide bonds. The van der Waals surface area contributed by atoms with E-state index in [-0.39, 0.29) is 34.1 Å². The van der Waals surface area contributed by atoms with Crippen molar-refractivity contribution in [3.05, 3.63) is 0 Å². The molecule has 124 valence electrons. The first kappa shape index (κ1) is 15.1. The minimum absolute atomic E-state index is 0.0625. The smallest absolute Gasteiger partial charge is 0.167 e. The predicted octanol–water partition coefficient (Wildman–Crippen LogP) is 2.93. The first-order valence-electron chi connectivity index (χ1n) is 9.14. The van der Waals surface area contributed by atoms with Gasteiger partial charge in [0.05, 0.1) is 6.10 Å². The molecule has 5 aliphatic carbocycles. The molecule has 5 rings (SSSR count). The fourth-order valence-corrected chi connectivity index (χ4v) is 7.27.